The van der Waals surface area contributed by atoms with Gasteiger partial charge in [-0.05, 0) is 52.7 Å². The zero-order valence-electron chi connectivity index (χ0n) is 22.6. The quantitative estimate of drug-likeness (QED) is 0.183. The first kappa shape index (κ1) is 31.1. The number of unbranched alkanes of at least 4 members (excludes halogenated alkanes) is 6. The van der Waals surface area contributed by atoms with E-state index in [1.165, 1.54) is 0 Å². The van der Waals surface area contributed by atoms with Gasteiger partial charge < -0.3 is 24.5 Å². The summed E-state index contributed by atoms with van der Waals surface area (Å²) in [6, 6.07) is 8.56. The highest BCUT2D eigenvalue weighted by molar-refractivity contribution is 5.92. The molecule has 1 rings (SSSR count). The second-order valence-electron chi connectivity index (χ2n) is 9.98. The van der Waals surface area contributed by atoms with Crippen LogP contribution >= 0.6 is 0 Å². The average molecular weight is 505 g/mol. The standard InChI is InChI=1S/C28H44N2O6/c1-6-35-26(33)25(29-27(34)36-28(2,3)4)22(21-31)17-13-10-8-7-9-11-16-20-24(32)30(5)23-18-14-12-15-19-23/h12,14-15,18-19,21-22,25H,6-11,13,16-17,20H2,1-5H3,(H,29,34)/t22-,25-/m0/s1. The topological polar surface area (TPSA) is 102 Å². The van der Waals surface area contributed by atoms with Gasteiger partial charge in [-0.15, -0.1) is 0 Å². The number of hydrogen-bond donors (Lipinski definition) is 1. The molecule has 0 saturated carbocycles. The highest BCUT2D eigenvalue weighted by Gasteiger charge is 2.32. The minimum Gasteiger partial charge on any atom is -0.464 e. The van der Waals surface area contributed by atoms with Crippen molar-refractivity contribution in [3.05, 3.63) is 30.3 Å². The first-order chi connectivity index (χ1) is 17.1. The molecule has 0 saturated heterocycles. The van der Waals surface area contributed by atoms with Gasteiger partial charge in [0.05, 0.1) is 6.61 Å². The van der Waals surface area contributed by atoms with Crippen LogP contribution in [-0.2, 0) is 23.9 Å². The van der Waals surface area contributed by atoms with Crippen LogP contribution in [0.5, 0.6) is 0 Å². The Morgan fingerprint density at radius 2 is 1.56 bits per heavy atom. The normalized spacial score (nSPS) is 12.8. The highest BCUT2D eigenvalue weighted by atomic mass is 16.6. The molecule has 1 N–H and O–H groups in total. The Morgan fingerprint density at radius 3 is 2.11 bits per heavy atom. The molecule has 0 aliphatic heterocycles. The van der Waals surface area contributed by atoms with Crippen LogP contribution in [0.15, 0.2) is 30.3 Å². The summed E-state index contributed by atoms with van der Waals surface area (Å²) in [6.45, 7) is 7.01. The highest BCUT2D eigenvalue weighted by Crippen LogP contribution is 2.18. The van der Waals surface area contributed by atoms with Crippen LogP contribution < -0.4 is 10.2 Å². The number of carbonyl (C=O) groups is 4. The second-order valence-corrected chi connectivity index (χ2v) is 9.98. The van der Waals surface area contributed by atoms with Gasteiger partial charge in [-0.2, -0.15) is 0 Å². The number of benzene rings is 1. The summed E-state index contributed by atoms with van der Waals surface area (Å²) in [5, 5.41) is 2.51. The summed E-state index contributed by atoms with van der Waals surface area (Å²) in [5.41, 5.74) is 0.188. The lowest BCUT2D eigenvalue weighted by molar-refractivity contribution is -0.148. The molecule has 0 aliphatic carbocycles. The van der Waals surface area contributed by atoms with Gasteiger partial charge >= 0.3 is 12.1 Å². The number of esters is 1. The number of alkyl carbamates (subject to hydrolysis) is 1. The van der Waals surface area contributed by atoms with Gasteiger partial charge in [0.2, 0.25) is 5.91 Å². The van der Waals surface area contributed by atoms with Crippen molar-refractivity contribution in [2.45, 2.75) is 97.1 Å². The Bertz CT molecular complexity index is 806. The van der Waals surface area contributed by atoms with E-state index in [0.717, 1.165) is 50.6 Å². The molecule has 0 aromatic heterocycles. The first-order valence-electron chi connectivity index (χ1n) is 13.0. The summed E-state index contributed by atoms with van der Waals surface area (Å²) >= 11 is 0. The predicted octanol–water partition coefficient (Wildman–Crippen LogP) is 5.43. The van der Waals surface area contributed by atoms with E-state index in [9.17, 15) is 19.2 Å². The summed E-state index contributed by atoms with van der Waals surface area (Å²) in [7, 11) is 1.81. The molecule has 0 aliphatic rings. The van der Waals surface area contributed by atoms with Crippen LogP contribution in [0, 0.1) is 5.92 Å². The van der Waals surface area contributed by atoms with Gasteiger partial charge in [0.15, 0.2) is 0 Å². The molecule has 2 atom stereocenters. The molecule has 0 heterocycles. The lowest BCUT2D eigenvalue weighted by Gasteiger charge is -2.25. The van der Waals surface area contributed by atoms with Crippen LogP contribution in [0.2, 0.25) is 0 Å². The van der Waals surface area contributed by atoms with E-state index >= 15 is 0 Å². The number of aldehydes is 1. The average Bonchev–Trinajstić information content (AvgIpc) is 2.83. The van der Waals surface area contributed by atoms with Gasteiger partial charge in [-0.3, -0.25) is 4.79 Å². The number of nitrogens with zero attached hydrogens (tertiary/aromatic N) is 1. The third kappa shape index (κ3) is 12.7. The van der Waals surface area contributed by atoms with Crippen LogP contribution in [0.25, 0.3) is 0 Å². The van der Waals surface area contributed by atoms with Crippen molar-refractivity contribution >= 4 is 29.9 Å². The van der Waals surface area contributed by atoms with E-state index in [0.29, 0.717) is 19.1 Å². The van der Waals surface area contributed by atoms with Gasteiger partial charge in [0, 0.05) is 25.1 Å². The molecule has 0 fully saturated rings. The molecule has 2 amide bonds. The predicted molar refractivity (Wildman–Crippen MR) is 141 cm³/mol. The number of nitrogens with one attached hydrogen (secondary N) is 1. The number of anilines is 1. The van der Waals surface area contributed by atoms with Crippen molar-refractivity contribution in [3.63, 3.8) is 0 Å². The molecule has 0 unspecified atom stereocenters. The SMILES string of the molecule is CCOC(=O)[C@@H](NC(=O)OC(C)(C)C)[C@H](C=O)CCCCCCCCCC(=O)N(C)c1ccccc1. The van der Waals surface area contributed by atoms with E-state index in [1.807, 2.05) is 30.3 Å². The van der Waals surface area contributed by atoms with Crippen molar-refractivity contribution in [2.24, 2.45) is 5.92 Å². The Labute approximate surface area is 216 Å². The monoisotopic (exact) mass is 504 g/mol. The molecule has 1 aromatic carbocycles. The van der Waals surface area contributed by atoms with E-state index in [1.54, 1.807) is 39.6 Å². The Hall–Kier alpha value is -2.90. The van der Waals surface area contributed by atoms with Crippen molar-refractivity contribution in [3.8, 4) is 0 Å². The number of ether oxygens (including phenoxy) is 2. The van der Waals surface area contributed by atoms with Gasteiger partial charge in [0.1, 0.15) is 17.9 Å². The maximum atomic E-state index is 12.4. The fraction of sp³-hybridized carbons (Fsp3) is 0.643. The molecule has 0 spiro atoms. The minimum atomic E-state index is -1.07. The summed E-state index contributed by atoms with van der Waals surface area (Å²) in [5.74, 6) is -1.19. The summed E-state index contributed by atoms with van der Waals surface area (Å²) in [4.78, 5) is 50.3. The van der Waals surface area contributed by atoms with Crippen LogP contribution in [0.1, 0.15) is 85.5 Å². The number of rotatable bonds is 16. The molecule has 36 heavy (non-hydrogen) atoms. The van der Waals surface area contributed by atoms with Gasteiger partial charge in [0.25, 0.3) is 0 Å². The van der Waals surface area contributed by atoms with E-state index in [2.05, 4.69) is 5.32 Å². The molecular weight excluding hydrogens is 460 g/mol. The third-order valence-electron chi connectivity index (χ3n) is 5.76. The zero-order chi connectivity index (χ0) is 27.0. The van der Waals surface area contributed by atoms with Gasteiger partial charge in [-0.1, -0.05) is 56.7 Å². The Balaban J connectivity index is 2.31. The zero-order valence-corrected chi connectivity index (χ0v) is 22.6. The summed E-state index contributed by atoms with van der Waals surface area (Å²) in [6.07, 6.45) is 7.61. The third-order valence-corrected chi connectivity index (χ3v) is 5.76. The second kappa shape index (κ2) is 16.7. The van der Waals surface area contributed by atoms with E-state index in [4.69, 9.17) is 9.47 Å². The lowest BCUT2D eigenvalue weighted by atomic mass is 9.94. The van der Waals surface area contributed by atoms with Crippen molar-refractivity contribution in [1.29, 1.82) is 0 Å². The maximum Gasteiger partial charge on any atom is 0.408 e. The van der Waals surface area contributed by atoms with Crippen molar-refractivity contribution in [1.82, 2.24) is 5.32 Å². The molecule has 1 aromatic rings. The Morgan fingerprint density at radius 1 is 0.972 bits per heavy atom. The number of hydrogen-bond acceptors (Lipinski definition) is 6. The number of amides is 2. The summed E-state index contributed by atoms with van der Waals surface area (Å²) < 4.78 is 10.3. The fourth-order valence-electron chi connectivity index (χ4n) is 3.82. The van der Waals surface area contributed by atoms with Gasteiger partial charge in [-0.25, -0.2) is 9.59 Å². The smallest absolute Gasteiger partial charge is 0.408 e. The van der Waals surface area contributed by atoms with Crippen LogP contribution in [0.3, 0.4) is 0 Å². The minimum absolute atomic E-state index is 0.122. The Kier molecular flexibility index (Phi) is 14.5. The van der Waals surface area contributed by atoms with Crippen LogP contribution in [0.4, 0.5) is 10.5 Å². The first-order valence-corrected chi connectivity index (χ1v) is 13.0. The number of para-hydroxylation sites is 1. The molecular formula is C28H44N2O6. The maximum absolute atomic E-state index is 12.4. The van der Waals surface area contributed by atoms with E-state index < -0.39 is 29.6 Å². The number of carbonyl (C=O) groups excluding carboxylic acids is 4. The van der Waals surface area contributed by atoms with Crippen molar-refractivity contribution < 1.29 is 28.7 Å². The molecule has 0 bridgehead atoms. The molecule has 8 nitrogen and oxygen atoms in total. The van der Waals surface area contributed by atoms with Crippen molar-refractivity contribution in [2.75, 3.05) is 18.6 Å². The van der Waals surface area contributed by atoms with Crippen LogP contribution in [-0.4, -0.2) is 49.6 Å². The molecule has 202 valence electrons. The van der Waals surface area contributed by atoms with E-state index in [-0.39, 0.29) is 12.5 Å². The molecule has 8 heteroatoms. The molecule has 0 radical (unpaired) electrons. The largest absolute Gasteiger partial charge is 0.464 e. The lowest BCUT2D eigenvalue weighted by Crippen LogP contribution is -2.49. The fourth-order valence-corrected chi connectivity index (χ4v) is 3.82.